The first-order valence-corrected chi connectivity index (χ1v) is 5.75. The second-order valence-electron chi connectivity index (χ2n) is 3.78. The fourth-order valence-electron chi connectivity index (χ4n) is 1.44. The first kappa shape index (κ1) is 13.0. The Morgan fingerprint density at radius 3 is 2.44 bits per heavy atom. The summed E-state index contributed by atoms with van der Waals surface area (Å²) in [5, 5.41) is 0. The lowest BCUT2D eigenvalue weighted by atomic mass is 10.1. The molecule has 0 radical (unpaired) electrons. The number of methoxy groups -OCH3 is 1. The average Bonchev–Trinajstić information content (AvgIpc) is 2.34. The molecular formula is C13H21NO2. The van der Waals surface area contributed by atoms with Gasteiger partial charge in [0.05, 0.1) is 6.61 Å². The zero-order valence-electron chi connectivity index (χ0n) is 10.1. The Labute approximate surface area is 97.6 Å². The van der Waals surface area contributed by atoms with E-state index >= 15 is 0 Å². The molecule has 1 aromatic rings. The molecule has 0 aliphatic rings. The molecule has 1 aromatic carbocycles. The Hall–Kier alpha value is -1.06. The molecule has 0 aliphatic carbocycles. The van der Waals surface area contributed by atoms with Gasteiger partial charge in [-0.2, -0.15) is 0 Å². The summed E-state index contributed by atoms with van der Waals surface area (Å²) >= 11 is 0. The van der Waals surface area contributed by atoms with Crippen LogP contribution in [0.2, 0.25) is 0 Å². The third kappa shape index (κ3) is 4.21. The summed E-state index contributed by atoms with van der Waals surface area (Å²) in [6.45, 7) is 3.51. The van der Waals surface area contributed by atoms with Gasteiger partial charge in [0.15, 0.2) is 0 Å². The van der Waals surface area contributed by atoms with E-state index in [2.05, 4.69) is 6.92 Å². The van der Waals surface area contributed by atoms with Gasteiger partial charge in [-0.1, -0.05) is 19.1 Å². The van der Waals surface area contributed by atoms with Crippen LogP contribution in [0.15, 0.2) is 24.3 Å². The Balaban J connectivity index is 2.39. The number of nitrogens with two attached hydrogens (primary N) is 1. The number of hydrogen-bond donors (Lipinski definition) is 1. The van der Waals surface area contributed by atoms with Crippen LogP contribution < -0.4 is 10.5 Å². The first-order chi connectivity index (χ1) is 7.77. The normalized spacial score (nSPS) is 12.4. The SMILES string of the molecule is CCC(N)c1ccc(OCCCOC)cc1. The van der Waals surface area contributed by atoms with Crippen LogP contribution in [0.4, 0.5) is 0 Å². The average molecular weight is 223 g/mol. The summed E-state index contributed by atoms with van der Waals surface area (Å²) in [5.41, 5.74) is 7.09. The smallest absolute Gasteiger partial charge is 0.119 e. The van der Waals surface area contributed by atoms with E-state index in [1.807, 2.05) is 24.3 Å². The van der Waals surface area contributed by atoms with Crippen molar-refractivity contribution in [3.05, 3.63) is 29.8 Å². The third-order valence-electron chi connectivity index (χ3n) is 2.51. The zero-order valence-corrected chi connectivity index (χ0v) is 10.1. The zero-order chi connectivity index (χ0) is 11.8. The molecule has 1 atom stereocenters. The Bertz CT molecular complexity index is 284. The van der Waals surface area contributed by atoms with Crippen LogP contribution in [0.25, 0.3) is 0 Å². The maximum Gasteiger partial charge on any atom is 0.119 e. The van der Waals surface area contributed by atoms with Crippen molar-refractivity contribution >= 4 is 0 Å². The molecule has 0 spiro atoms. The van der Waals surface area contributed by atoms with Gasteiger partial charge in [0.25, 0.3) is 0 Å². The minimum atomic E-state index is 0.127. The molecule has 3 heteroatoms. The van der Waals surface area contributed by atoms with Crippen LogP contribution in [-0.2, 0) is 4.74 Å². The van der Waals surface area contributed by atoms with Crippen molar-refractivity contribution in [2.24, 2.45) is 5.73 Å². The minimum Gasteiger partial charge on any atom is -0.494 e. The molecular weight excluding hydrogens is 202 g/mol. The molecule has 0 amide bonds. The monoisotopic (exact) mass is 223 g/mol. The van der Waals surface area contributed by atoms with E-state index in [-0.39, 0.29) is 6.04 Å². The predicted molar refractivity (Wildman–Crippen MR) is 65.6 cm³/mol. The van der Waals surface area contributed by atoms with Crippen LogP contribution in [0.3, 0.4) is 0 Å². The van der Waals surface area contributed by atoms with Gasteiger partial charge in [-0.05, 0) is 24.1 Å². The van der Waals surface area contributed by atoms with E-state index in [4.69, 9.17) is 15.2 Å². The molecule has 0 heterocycles. The van der Waals surface area contributed by atoms with Gasteiger partial charge >= 0.3 is 0 Å². The highest BCUT2D eigenvalue weighted by molar-refractivity contribution is 5.28. The fraction of sp³-hybridized carbons (Fsp3) is 0.538. The second-order valence-corrected chi connectivity index (χ2v) is 3.78. The van der Waals surface area contributed by atoms with Gasteiger partial charge in [-0.3, -0.25) is 0 Å². The summed E-state index contributed by atoms with van der Waals surface area (Å²) in [5.74, 6) is 0.892. The number of hydrogen-bond acceptors (Lipinski definition) is 3. The highest BCUT2D eigenvalue weighted by Gasteiger charge is 2.02. The van der Waals surface area contributed by atoms with Gasteiger partial charge in [0.1, 0.15) is 5.75 Å². The standard InChI is InChI=1S/C13H21NO2/c1-3-13(14)11-5-7-12(8-6-11)16-10-4-9-15-2/h5-8,13H,3-4,9-10,14H2,1-2H3. The van der Waals surface area contributed by atoms with Crippen LogP contribution in [0, 0.1) is 0 Å². The first-order valence-electron chi connectivity index (χ1n) is 5.75. The highest BCUT2D eigenvalue weighted by Crippen LogP contribution is 2.18. The summed E-state index contributed by atoms with van der Waals surface area (Å²) in [6, 6.07) is 8.12. The fourth-order valence-corrected chi connectivity index (χ4v) is 1.44. The van der Waals surface area contributed by atoms with Crippen molar-refractivity contribution in [2.75, 3.05) is 20.3 Å². The molecule has 0 aliphatic heterocycles. The van der Waals surface area contributed by atoms with Crippen LogP contribution in [0.1, 0.15) is 31.4 Å². The lowest BCUT2D eigenvalue weighted by Gasteiger charge is -2.10. The maximum atomic E-state index is 5.93. The minimum absolute atomic E-state index is 0.127. The van der Waals surface area contributed by atoms with Crippen molar-refractivity contribution in [2.45, 2.75) is 25.8 Å². The topological polar surface area (TPSA) is 44.5 Å². The lowest BCUT2D eigenvalue weighted by Crippen LogP contribution is -2.08. The molecule has 1 unspecified atom stereocenters. The maximum absolute atomic E-state index is 5.93. The molecule has 90 valence electrons. The summed E-state index contributed by atoms with van der Waals surface area (Å²) < 4.78 is 10.5. The molecule has 16 heavy (non-hydrogen) atoms. The van der Waals surface area contributed by atoms with Crippen molar-refractivity contribution in [3.8, 4) is 5.75 Å². The number of rotatable bonds is 7. The predicted octanol–water partition coefficient (Wildman–Crippen LogP) is 2.51. The van der Waals surface area contributed by atoms with Crippen molar-refractivity contribution < 1.29 is 9.47 Å². The number of benzene rings is 1. The highest BCUT2D eigenvalue weighted by atomic mass is 16.5. The van der Waals surface area contributed by atoms with Crippen LogP contribution in [-0.4, -0.2) is 20.3 Å². The van der Waals surface area contributed by atoms with Gasteiger partial charge < -0.3 is 15.2 Å². The summed E-state index contributed by atoms with van der Waals surface area (Å²) in [6.07, 6.45) is 1.86. The Morgan fingerprint density at radius 2 is 1.88 bits per heavy atom. The van der Waals surface area contributed by atoms with Crippen LogP contribution in [0.5, 0.6) is 5.75 Å². The molecule has 2 N–H and O–H groups in total. The summed E-state index contributed by atoms with van der Waals surface area (Å²) in [7, 11) is 1.70. The molecule has 3 nitrogen and oxygen atoms in total. The lowest BCUT2D eigenvalue weighted by molar-refractivity contribution is 0.172. The Kier molecular flexibility index (Phi) is 5.90. The Morgan fingerprint density at radius 1 is 1.19 bits per heavy atom. The van der Waals surface area contributed by atoms with E-state index in [1.54, 1.807) is 7.11 Å². The van der Waals surface area contributed by atoms with E-state index < -0.39 is 0 Å². The van der Waals surface area contributed by atoms with E-state index in [1.165, 1.54) is 0 Å². The second kappa shape index (κ2) is 7.25. The van der Waals surface area contributed by atoms with E-state index in [0.29, 0.717) is 6.61 Å². The largest absolute Gasteiger partial charge is 0.494 e. The molecule has 0 saturated carbocycles. The number of ether oxygens (including phenoxy) is 2. The molecule has 1 rings (SSSR count). The van der Waals surface area contributed by atoms with Gasteiger partial charge in [0.2, 0.25) is 0 Å². The van der Waals surface area contributed by atoms with Crippen molar-refractivity contribution in [1.82, 2.24) is 0 Å². The van der Waals surface area contributed by atoms with E-state index in [0.717, 1.165) is 30.8 Å². The molecule has 0 bridgehead atoms. The van der Waals surface area contributed by atoms with E-state index in [9.17, 15) is 0 Å². The van der Waals surface area contributed by atoms with Crippen molar-refractivity contribution in [3.63, 3.8) is 0 Å². The third-order valence-corrected chi connectivity index (χ3v) is 2.51. The van der Waals surface area contributed by atoms with Gasteiger partial charge in [-0.25, -0.2) is 0 Å². The quantitative estimate of drug-likeness (QED) is 0.722. The summed E-state index contributed by atoms with van der Waals surface area (Å²) in [4.78, 5) is 0. The van der Waals surface area contributed by atoms with Gasteiger partial charge in [-0.15, -0.1) is 0 Å². The molecule has 0 saturated heterocycles. The molecule has 0 aromatic heterocycles. The van der Waals surface area contributed by atoms with Crippen LogP contribution >= 0.6 is 0 Å². The van der Waals surface area contributed by atoms with Gasteiger partial charge in [0, 0.05) is 26.2 Å². The molecule has 0 fully saturated rings. The van der Waals surface area contributed by atoms with Crippen molar-refractivity contribution in [1.29, 1.82) is 0 Å².